The molecule has 75 heavy (non-hydrogen) atoms. The van der Waals surface area contributed by atoms with Gasteiger partial charge in [0.25, 0.3) is 5.85 Å². The molecule has 9 heterocycles. The van der Waals surface area contributed by atoms with Crippen LogP contribution in [0.4, 0.5) is 16.0 Å². The number of terminal acetylenes is 1. The SMILES string of the molecule is C#C[C@]1(O)[C@H](n2cnc3c(N)nc(C)nc32)O[C@](F)(CO)[C@H]1O.C[C@@]1(O)[C@H](O)[C@@H](COP(=O)(O)OP(=O)(O)OP(=O)(O)O)O[C@H]1n1cnc2c(N)ncnc21.Cc1ncnc2c1ncn2[C@@H]1O[C@H](CO)[C@@H](O)[C@@]1(C)O. The van der Waals surface area contributed by atoms with Crippen molar-refractivity contribution >= 4 is 68.6 Å². The fraction of sp³-hybridized carbons (Fsp3) is 0.528. The van der Waals surface area contributed by atoms with Crippen LogP contribution in [0.1, 0.15) is 44.0 Å². The number of anilines is 2. The lowest BCUT2D eigenvalue weighted by Crippen LogP contribution is -2.49. The van der Waals surface area contributed by atoms with E-state index in [1.807, 2.05) is 5.92 Å². The zero-order chi connectivity index (χ0) is 55.6. The number of fused-ring (bicyclic) bond motifs is 3. The van der Waals surface area contributed by atoms with Gasteiger partial charge in [-0.15, -0.1) is 6.42 Å². The van der Waals surface area contributed by atoms with Crippen molar-refractivity contribution in [1.29, 1.82) is 0 Å². The maximum absolute atomic E-state index is 14.4. The molecule has 3 saturated heterocycles. The first kappa shape index (κ1) is 57.4. The van der Waals surface area contributed by atoms with E-state index in [9.17, 15) is 58.7 Å². The van der Waals surface area contributed by atoms with E-state index in [0.717, 1.165) is 10.9 Å². The number of alkyl halides is 1. The summed E-state index contributed by atoms with van der Waals surface area (Å²) in [6, 6.07) is 0. The standard InChI is InChI=1S/C13H14FN5O4.C12H16N4O4.C11H18N5O13P3/c1-3-12(22)10(21)13(14,4-20)23-11(12)19-5-16-7-8(15)17-6(2)18-9(7)19;1-6-8-10(14-4-13-6)16(5-15-8)11-12(2,19)9(18)7(3-17)20-11;1-11(18)7(17)5(2-26-31(22,23)29-32(24,25)28-30(19,20)21)27-10(11)16-4-15-6-8(12)13-3-14-9(6)16/h1,5,10-11,20-22H,4H2,2H3,(H2,15,17,18);4-5,7,9,11,17-19H,3H2,1-2H3;3-5,7,10,17-18H,2H2,1H3,(H,22,23)(H,24,25)(H2,12,13,14)(H2,19,20,21)/t10-,11+,12+,13+;7-,9-,11-,12-;5-,7-,10-,11-/m011/s1. The number of nitrogens with two attached hydrogens (primary N) is 2. The number of aryl methyl sites for hydroxylation is 2. The van der Waals surface area contributed by atoms with Gasteiger partial charge in [-0.25, -0.2) is 62.9 Å². The number of aliphatic hydroxyl groups excluding tert-OH is 5. The van der Waals surface area contributed by atoms with E-state index < -0.39 is 109 Å². The van der Waals surface area contributed by atoms with Crippen molar-refractivity contribution in [2.24, 2.45) is 0 Å². The van der Waals surface area contributed by atoms with Crippen molar-refractivity contribution in [1.82, 2.24) is 58.6 Å². The number of hydrogen-bond acceptors (Lipinski definition) is 28. The van der Waals surface area contributed by atoms with Gasteiger partial charge in [0, 0.05) is 0 Å². The van der Waals surface area contributed by atoms with Gasteiger partial charge in [0.05, 0.1) is 37.9 Å². The maximum Gasteiger partial charge on any atom is 0.490 e. The number of nitrogen functional groups attached to an aromatic ring is 2. The average molecular weight is 1120 g/mol. The van der Waals surface area contributed by atoms with Gasteiger partial charge >= 0.3 is 23.5 Å². The number of phosphoric ester groups is 1. The van der Waals surface area contributed by atoms with E-state index in [1.165, 1.54) is 43.7 Å². The van der Waals surface area contributed by atoms with Gasteiger partial charge in [0.1, 0.15) is 77.3 Å². The molecule has 6 aromatic rings. The smallest absolute Gasteiger partial charge is 0.394 e. The molecule has 3 aliphatic rings. The molecule has 16 N–H and O–H groups in total. The fourth-order valence-electron chi connectivity index (χ4n) is 7.99. The van der Waals surface area contributed by atoms with Crippen LogP contribution in [0.15, 0.2) is 31.6 Å². The molecule has 0 bridgehead atoms. The summed E-state index contributed by atoms with van der Waals surface area (Å²) < 4.78 is 79.9. The molecule has 0 radical (unpaired) electrons. The number of aliphatic hydroxyl groups is 8. The number of phosphoric acid groups is 3. The topological polar surface area (TPSA) is 532 Å². The zero-order valence-corrected chi connectivity index (χ0v) is 41.7. The third kappa shape index (κ3) is 11.0. The van der Waals surface area contributed by atoms with Crippen molar-refractivity contribution in [3.63, 3.8) is 0 Å². The second-order valence-corrected chi connectivity index (χ2v) is 21.5. The summed E-state index contributed by atoms with van der Waals surface area (Å²) in [5, 5.41) is 80.4. The highest BCUT2D eigenvalue weighted by atomic mass is 31.3. The fourth-order valence-corrected chi connectivity index (χ4v) is 11.0. The van der Waals surface area contributed by atoms with Crippen LogP contribution < -0.4 is 11.5 Å². The minimum Gasteiger partial charge on any atom is -0.394 e. The van der Waals surface area contributed by atoms with E-state index >= 15 is 0 Å². The van der Waals surface area contributed by atoms with Gasteiger partial charge in [-0.05, 0) is 27.7 Å². The van der Waals surface area contributed by atoms with Crippen LogP contribution in [-0.2, 0) is 41.1 Å². The maximum atomic E-state index is 14.4. The molecule has 0 saturated carbocycles. The van der Waals surface area contributed by atoms with Crippen LogP contribution in [0.25, 0.3) is 33.5 Å². The molecule has 39 heteroatoms. The lowest BCUT2D eigenvalue weighted by atomic mass is 9.94. The van der Waals surface area contributed by atoms with E-state index in [4.69, 9.17) is 51.9 Å². The van der Waals surface area contributed by atoms with Crippen LogP contribution in [-0.4, -0.2) is 192 Å². The predicted molar refractivity (Wildman–Crippen MR) is 243 cm³/mol. The largest absolute Gasteiger partial charge is 0.490 e. The summed E-state index contributed by atoms with van der Waals surface area (Å²) in [5.41, 5.74) is 7.92. The highest BCUT2D eigenvalue weighted by Crippen LogP contribution is 2.66. The number of nitrogens with zero attached hydrogens (tertiary/aromatic N) is 12. The van der Waals surface area contributed by atoms with Crippen molar-refractivity contribution in [2.45, 2.75) is 99.6 Å². The van der Waals surface area contributed by atoms with Gasteiger partial charge in [0.15, 0.2) is 53.4 Å². The molecule has 2 unspecified atom stereocenters. The average Bonchev–Trinajstić information content (AvgIpc) is 4.16. The molecule has 6 aromatic heterocycles. The van der Waals surface area contributed by atoms with Crippen LogP contribution >= 0.6 is 23.5 Å². The Morgan fingerprint density at radius 1 is 0.720 bits per heavy atom. The van der Waals surface area contributed by atoms with E-state index in [-0.39, 0.29) is 40.6 Å². The zero-order valence-electron chi connectivity index (χ0n) is 39.0. The van der Waals surface area contributed by atoms with Gasteiger partial charge < -0.3 is 86.1 Å². The first-order valence-electron chi connectivity index (χ1n) is 21.2. The Hall–Kier alpha value is -5.29. The summed E-state index contributed by atoms with van der Waals surface area (Å²) in [6.45, 7) is 3.48. The Labute approximate surface area is 418 Å². The third-order valence-electron chi connectivity index (χ3n) is 11.7. The van der Waals surface area contributed by atoms with E-state index in [0.29, 0.717) is 22.7 Å². The minimum atomic E-state index is -5.71. The predicted octanol–water partition coefficient (Wildman–Crippen LogP) is -3.47. The molecule has 0 spiro atoms. The molecular weight excluding hydrogens is 1080 g/mol. The van der Waals surface area contributed by atoms with Crippen molar-refractivity contribution in [3.05, 3.63) is 43.2 Å². The summed E-state index contributed by atoms with van der Waals surface area (Å²) >= 11 is 0. The van der Waals surface area contributed by atoms with Crippen LogP contribution in [0, 0.1) is 26.2 Å². The van der Waals surface area contributed by atoms with Crippen LogP contribution in [0.2, 0.25) is 0 Å². The molecule has 3 aliphatic heterocycles. The Bertz CT molecular complexity index is 3290. The number of hydrogen-bond donors (Lipinski definition) is 14. The van der Waals surface area contributed by atoms with Gasteiger partial charge in [-0.3, -0.25) is 18.2 Å². The molecule has 3 fully saturated rings. The second-order valence-electron chi connectivity index (χ2n) is 17.1. The molecule has 410 valence electrons. The lowest BCUT2D eigenvalue weighted by Gasteiger charge is -2.27. The Morgan fingerprint density at radius 3 is 1.76 bits per heavy atom. The minimum absolute atomic E-state index is 0.0381. The number of aromatic nitrogens is 12. The molecule has 0 aromatic carbocycles. The molecule has 0 aliphatic carbocycles. The van der Waals surface area contributed by atoms with E-state index in [1.54, 1.807) is 18.4 Å². The summed E-state index contributed by atoms with van der Waals surface area (Å²) in [5.74, 6) is -0.579. The molecular formula is C36H48FN14O21P3. The highest BCUT2D eigenvalue weighted by Gasteiger charge is 2.65. The van der Waals surface area contributed by atoms with Gasteiger partial charge in [0.2, 0.25) is 5.60 Å². The number of halogens is 1. The summed E-state index contributed by atoms with van der Waals surface area (Å²) in [4.78, 5) is 71.9. The monoisotopic (exact) mass is 1120 g/mol. The van der Waals surface area contributed by atoms with Gasteiger partial charge in [-0.1, -0.05) is 5.92 Å². The molecule has 9 rings (SSSR count). The van der Waals surface area contributed by atoms with Crippen LogP contribution in [0.5, 0.6) is 0 Å². The Morgan fingerprint density at radius 2 is 1.23 bits per heavy atom. The first-order chi connectivity index (χ1) is 34.8. The van der Waals surface area contributed by atoms with Gasteiger partial charge in [-0.2, -0.15) is 8.62 Å². The summed E-state index contributed by atoms with van der Waals surface area (Å²) in [7, 11) is -16.7. The number of rotatable bonds is 12. The van der Waals surface area contributed by atoms with Crippen molar-refractivity contribution in [3.8, 4) is 12.3 Å². The Balaban J connectivity index is 0.000000169. The second kappa shape index (κ2) is 20.6. The van der Waals surface area contributed by atoms with Crippen molar-refractivity contribution < 1.29 is 106 Å². The van der Waals surface area contributed by atoms with Crippen molar-refractivity contribution in [2.75, 3.05) is 31.3 Å². The quantitative estimate of drug-likeness (QED) is 0.0418. The highest BCUT2D eigenvalue weighted by molar-refractivity contribution is 7.66. The lowest BCUT2D eigenvalue weighted by molar-refractivity contribution is -0.206. The normalized spacial score (nSPS) is 32.4. The first-order valence-corrected chi connectivity index (χ1v) is 25.7. The van der Waals surface area contributed by atoms with Crippen LogP contribution in [0.3, 0.4) is 0 Å². The summed E-state index contributed by atoms with van der Waals surface area (Å²) in [6.07, 6.45) is 0.419. The third-order valence-corrected chi connectivity index (χ3v) is 15.5. The Kier molecular flexibility index (Phi) is 15.8. The molecule has 35 nitrogen and oxygen atoms in total. The molecule has 14 atom stereocenters. The number of imidazole rings is 3. The molecule has 0 amide bonds. The number of ether oxygens (including phenoxy) is 3. The van der Waals surface area contributed by atoms with E-state index in [2.05, 4.69) is 58.0 Å².